The summed E-state index contributed by atoms with van der Waals surface area (Å²) >= 11 is 0. The van der Waals surface area contributed by atoms with E-state index < -0.39 is 18.3 Å². The number of nitrogens with one attached hydrogen (secondary N) is 3. The van der Waals surface area contributed by atoms with Crippen molar-refractivity contribution in [2.45, 2.75) is 25.5 Å². The van der Waals surface area contributed by atoms with Crippen LogP contribution in [0.15, 0.2) is 66.1 Å². The van der Waals surface area contributed by atoms with Crippen LogP contribution in [0.25, 0.3) is 0 Å². The Kier molecular flexibility index (Phi) is 5.04. The van der Waals surface area contributed by atoms with Crippen LogP contribution in [0.3, 0.4) is 0 Å². The number of carbonyl (C=O) groups is 1. The second kappa shape index (κ2) is 7.67. The lowest BCUT2D eigenvalue weighted by Crippen LogP contribution is -2.50. The van der Waals surface area contributed by atoms with E-state index in [-0.39, 0.29) is 29.0 Å². The number of benzene rings is 1. The van der Waals surface area contributed by atoms with E-state index in [0.717, 1.165) is 0 Å². The van der Waals surface area contributed by atoms with Crippen molar-refractivity contribution < 1.29 is 22.7 Å². The summed E-state index contributed by atoms with van der Waals surface area (Å²) in [6.07, 6.45) is -0.236. The number of allylic oxidation sites excluding steroid dienone is 1. The van der Waals surface area contributed by atoms with Gasteiger partial charge in [0, 0.05) is 17.5 Å². The van der Waals surface area contributed by atoms with Gasteiger partial charge >= 0.3 is 6.36 Å². The van der Waals surface area contributed by atoms with Gasteiger partial charge in [0.1, 0.15) is 17.6 Å². The van der Waals surface area contributed by atoms with Gasteiger partial charge in [-0.3, -0.25) is 9.80 Å². The highest BCUT2D eigenvalue weighted by Crippen LogP contribution is 2.34. The first-order valence-electron chi connectivity index (χ1n) is 8.97. The van der Waals surface area contributed by atoms with Gasteiger partial charge in [-0.05, 0) is 31.2 Å². The zero-order chi connectivity index (χ0) is 21.3. The van der Waals surface area contributed by atoms with E-state index in [4.69, 9.17) is 0 Å². The molecule has 11 heteroatoms. The summed E-state index contributed by atoms with van der Waals surface area (Å²) in [6, 6.07) is 8.43. The molecule has 0 fully saturated rings. The molecule has 1 aromatic heterocycles. The quantitative estimate of drug-likeness (QED) is 0.658. The molecule has 3 N–H and O–H groups in total. The molecular formula is C19H17F3N6O2. The van der Waals surface area contributed by atoms with E-state index in [9.17, 15) is 18.0 Å². The molecule has 2 aliphatic heterocycles. The molecule has 8 nitrogen and oxygen atoms in total. The number of rotatable bonds is 4. The Morgan fingerprint density at radius 3 is 2.73 bits per heavy atom. The van der Waals surface area contributed by atoms with Crippen LogP contribution in [0.1, 0.15) is 18.5 Å². The van der Waals surface area contributed by atoms with Crippen molar-refractivity contribution in [3.8, 4) is 5.75 Å². The molecule has 2 unspecified atom stereocenters. The summed E-state index contributed by atoms with van der Waals surface area (Å²) in [5, 5.41) is 14.9. The third kappa shape index (κ3) is 4.06. The minimum Gasteiger partial charge on any atom is -0.405 e. The number of ether oxygens (including phenoxy) is 1. The summed E-state index contributed by atoms with van der Waals surface area (Å²) < 4.78 is 42.5. The lowest BCUT2D eigenvalue weighted by atomic mass is 10.0. The molecule has 3 heterocycles. The number of hydrazine groups is 1. The number of hydrogen-bond acceptors (Lipinski definition) is 7. The Morgan fingerprint density at radius 1 is 1.20 bits per heavy atom. The maximum Gasteiger partial charge on any atom is 0.573 e. The van der Waals surface area contributed by atoms with E-state index in [1.165, 1.54) is 24.4 Å². The van der Waals surface area contributed by atoms with Crippen molar-refractivity contribution in [2.24, 2.45) is 0 Å². The zero-order valence-corrected chi connectivity index (χ0v) is 15.6. The Balaban J connectivity index is 1.57. The molecule has 0 saturated carbocycles. The fourth-order valence-electron chi connectivity index (χ4n) is 3.31. The van der Waals surface area contributed by atoms with Gasteiger partial charge < -0.3 is 15.4 Å². The van der Waals surface area contributed by atoms with Gasteiger partial charge in [0.05, 0.1) is 6.04 Å². The van der Waals surface area contributed by atoms with Gasteiger partial charge in [-0.2, -0.15) is 5.10 Å². The lowest BCUT2D eigenvalue weighted by molar-refractivity contribution is -0.275. The van der Waals surface area contributed by atoms with Crippen LogP contribution in [0.5, 0.6) is 5.75 Å². The molecule has 2 atom stereocenters. The Labute approximate surface area is 169 Å². The minimum absolute atomic E-state index is 0.277. The van der Waals surface area contributed by atoms with E-state index in [1.807, 2.05) is 0 Å². The van der Waals surface area contributed by atoms with Gasteiger partial charge in [-0.15, -0.1) is 18.3 Å². The van der Waals surface area contributed by atoms with Gasteiger partial charge in [-0.25, -0.2) is 5.43 Å². The normalized spacial score (nSPS) is 20.6. The fourth-order valence-corrected chi connectivity index (χ4v) is 3.31. The van der Waals surface area contributed by atoms with Crippen LogP contribution in [0.4, 0.5) is 19.0 Å². The number of halogens is 3. The number of alkyl halides is 3. The first-order valence-corrected chi connectivity index (χ1v) is 8.97. The van der Waals surface area contributed by atoms with Crippen LogP contribution in [-0.2, 0) is 4.79 Å². The molecule has 2 aliphatic rings. The smallest absolute Gasteiger partial charge is 0.405 e. The van der Waals surface area contributed by atoms with Crippen molar-refractivity contribution in [3.63, 3.8) is 0 Å². The lowest BCUT2D eigenvalue weighted by Gasteiger charge is -2.35. The van der Waals surface area contributed by atoms with Crippen molar-refractivity contribution in [1.82, 2.24) is 25.9 Å². The number of carbonyl (C=O) groups excluding carboxylic acids is 1. The number of amides is 1. The van der Waals surface area contributed by atoms with Gasteiger partial charge in [0.25, 0.3) is 5.91 Å². The van der Waals surface area contributed by atoms with E-state index >= 15 is 0 Å². The number of nitrogens with zero attached hydrogens (tertiary/aromatic N) is 3. The summed E-state index contributed by atoms with van der Waals surface area (Å²) in [5.41, 5.74) is 4.25. The summed E-state index contributed by atoms with van der Waals surface area (Å²) in [6.45, 7) is 1.73. The van der Waals surface area contributed by atoms with Gasteiger partial charge in [0.2, 0.25) is 0 Å². The first-order chi connectivity index (χ1) is 14.3. The van der Waals surface area contributed by atoms with Crippen molar-refractivity contribution in [3.05, 3.63) is 71.7 Å². The molecule has 0 spiro atoms. The largest absolute Gasteiger partial charge is 0.573 e. The second-order valence-electron chi connectivity index (χ2n) is 6.57. The third-order valence-corrected chi connectivity index (χ3v) is 4.51. The average molecular weight is 418 g/mol. The fraction of sp³-hybridized carbons (Fsp3) is 0.211. The molecule has 0 saturated heterocycles. The van der Waals surface area contributed by atoms with E-state index in [1.54, 1.807) is 42.3 Å². The molecule has 2 aromatic rings. The summed E-state index contributed by atoms with van der Waals surface area (Å²) in [4.78, 5) is 12.8. The number of hydrogen-bond donors (Lipinski definition) is 3. The number of aromatic nitrogens is 2. The number of fused-ring (bicyclic) bond motifs is 1. The van der Waals surface area contributed by atoms with E-state index in [2.05, 4.69) is 31.0 Å². The monoisotopic (exact) mass is 418 g/mol. The SMILES string of the molecule is CC1=C(C(=O)Nc2cccnn2)N2NC(c3ccccc3OC(F)(F)F)C=CC2N1. The third-order valence-electron chi connectivity index (χ3n) is 4.51. The second-order valence-corrected chi connectivity index (χ2v) is 6.57. The molecule has 1 aromatic carbocycles. The minimum atomic E-state index is -4.82. The molecule has 0 bridgehead atoms. The number of anilines is 1. The van der Waals surface area contributed by atoms with Crippen LogP contribution >= 0.6 is 0 Å². The Bertz CT molecular complexity index is 1010. The molecule has 1 amide bonds. The standard InChI is InChI=1S/C19H17F3N6O2/c1-11-17(18(29)25-15-7-4-10-23-26-15)28-16(24-11)9-8-13(27-28)12-5-2-3-6-14(12)30-19(20,21)22/h2-10,13,16,24,27H,1H3,(H,25,26,29). The van der Waals surface area contributed by atoms with Crippen LogP contribution in [0.2, 0.25) is 0 Å². The highest BCUT2D eigenvalue weighted by molar-refractivity contribution is 6.03. The summed E-state index contributed by atoms with van der Waals surface area (Å²) in [7, 11) is 0. The molecule has 0 aliphatic carbocycles. The van der Waals surface area contributed by atoms with Gasteiger partial charge in [0.15, 0.2) is 5.82 Å². The maximum absolute atomic E-state index is 12.8. The highest BCUT2D eigenvalue weighted by atomic mass is 19.4. The zero-order valence-electron chi connectivity index (χ0n) is 15.6. The topological polar surface area (TPSA) is 91.4 Å². The summed E-state index contributed by atoms with van der Waals surface area (Å²) in [5.74, 6) is -0.479. The maximum atomic E-state index is 12.8. The number of para-hydroxylation sites is 1. The van der Waals surface area contributed by atoms with E-state index in [0.29, 0.717) is 5.70 Å². The molecule has 4 rings (SSSR count). The first kappa shape index (κ1) is 19.7. The van der Waals surface area contributed by atoms with Crippen LogP contribution < -0.4 is 20.8 Å². The molecular weight excluding hydrogens is 401 g/mol. The van der Waals surface area contributed by atoms with Crippen LogP contribution in [-0.4, -0.2) is 33.6 Å². The van der Waals surface area contributed by atoms with Crippen molar-refractivity contribution in [1.29, 1.82) is 0 Å². The molecule has 30 heavy (non-hydrogen) atoms. The van der Waals surface area contributed by atoms with Crippen molar-refractivity contribution in [2.75, 3.05) is 5.32 Å². The molecule has 0 radical (unpaired) electrons. The molecule has 156 valence electrons. The Hall–Kier alpha value is -3.60. The van der Waals surface area contributed by atoms with Crippen molar-refractivity contribution >= 4 is 11.7 Å². The predicted octanol–water partition coefficient (Wildman–Crippen LogP) is 2.59. The average Bonchev–Trinajstić information content (AvgIpc) is 3.03. The highest BCUT2D eigenvalue weighted by Gasteiger charge is 2.38. The predicted molar refractivity (Wildman–Crippen MR) is 100 cm³/mol. The van der Waals surface area contributed by atoms with Gasteiger partial charge in [-0.1, -0.05) is 24.3 Å². The van der Waals surface area contributed by atoms with Crippen LogP contribution in [0, 0.1) is 0 Å². The Morgan fingerprint density at radius 2 is 2.00 bits per heavy atom.